The molecule has 0 aliphatic carbocycles. The van der Waals surface area contributed by atoms with Crippen LogP contribution in [0.5, 0.6) is 0 Å². The highest BCUT2D eigenvalue weighted by molar-refractivity contribution is 7.89. The van der Waals surface area contributed by atoms with Crippen LogP contribution in [0, 0.1) is 11.3 Å². The molecule has 0 spiro atoms. The largest absolute Gasteiger partial charge is 0.460 e. The number of nitrogens with one attached hydrogen (secondary N) is 1. The highest BCUT2D eigenvalue weighted by Gasteiger charge is 2.29. The molecule has 0 amide bonds. The van der Waals surface area contributed by atoms with Crippen LogP contribution < -0.4 is 4.72 Å². The van der Waals surface area contributed by atoms with Gasteiger partial charge < -0.3 is 4.74 Å². The third-order valence-corrected chi connectivity index (χ3v) is 4.80. The molecular weight excluding hydrogens is 385 g/mol. The number of nitriles is 1. The van der Waals surface area contributed by atoms with Crippen molar-refractivity contribution in [3.63, 3.8) is 0 Å². The molecule has 0 heterocycles. The maximum atomic E-state index is 12.5. The van der Waals surface area contributed by atoms with Crippen molar-refractivity contribution in [3.8, 4) is 6.07 Å². The maximum Gasteiger partial charge on any atom is 0.416 e. The van der Waals surface area contributed by atoms with Gasteiger partial charge in [-0.2, -0.15) is 23.2 Å². The summed E-state index contributed by atoms with van der Waals surface area (Å²) in [7, 11) is -3.97. The molecule has 0 bridgehead atoms. The maximum absolute atomic E-state index is 12.5. The Hall–Kier alpha value is -2.90. The molecule has 0 unspecified atom stereocenters. The lowest BCUT2D eigenvalue weighted by atomic mass is 10.1. The van der Waals surface area contributed by atoms with Gasteiger partial charge in [-0.05, 0) is 42.0 Å². The van der Waals surface area contributed by atoms with E-state index in [4.69, 9.17) is 10.00 Å². The van der Waals surface area contributed by atoms with Crippen molar-refractivity contribution in [2.75, 3.05) is 6.54 Å². The first-order valence-corrected chi connectivity index (χ1v) is 8.92. The molecular formula is C17H13F3N2O4S. The van der Waals surface area contributed by atoms with Crippen LogP contribution in [0.1, 0.15) is 16.7 Å². The average molecular weight is 398 g/mol. The third kappa shape index (κ3) is 5.80. The molecule has 6 nitrogen and oxygen atoms in total. The Labute approximate surface area is 153 Å². The van der Waals surface area contributed by atoms with E-state index in [2.05, 4.69) is 0 Å². The smallest absolute Gasteiger partial charge is 0.416 e. The van der Waals surface area contributed by atoms with E-state index in [1.54, 1.807) is 0 Å². The van der Waals surface area contributed by atoms with Crippen molar-refractivity contribution in [1.82, 2.24) is 4.72 Å². The molecule has 0 saturated carbocycles. The number of hydrogen-bond donors (Lipinski definition) is 1. The van der Waals surface area contributed by atoms with Crippen LogP contribution in [-0.2, 0) is 32.3 Å². The first-order valence-electron chi connectivity index (χ1n) is 7.43. The van der Waals surface area contributed by atoms with Crippen LogP contribution in [0.15, 0.2) is 53.4 Å². The van der Waals surface area contributed by atoms with Crippen molar-refractivity contribution in [2.24, 2.45) is 0 Å². The Morgan fingerprint density at radius 2 is 1.67 bits per heavy atom. The number of nitrogens with zero attached hydrogens (tertiary/aromatic N) is 1. The normalized spacial score (nSPS) is 11.6. The summed E-state index contributed by atoms with van der Waals surface area (Å²) in [5, 5.41) is 8.68. The van der Waals surface area contributed by atoms with Gasteiger partial charge in [0.2, 0.25) is 10.0 Å². The number of sulfonamides is 1. The minimum absolute atomic E-state index is 0.128. The number of carbonyl (C=O) groups is 1. The van der Waals surface area contributed by atoms with Gasteiger partial charge in [0, 0.05) is 0 Å². The SMILES string of the molecule is N#Cc1ccc(S(=O)(=O)NCC(=O)OCc2ccc(C(F)(F)F)cc2)cc1. The van der Waals surface area contributed by atoms with Gasteiger partial charge >= 0.3 is 12.1 Å². The lowest BCUT2D eigenvalue weighted by Gasteiger charge is -2.09. The quantitative estimate of drug-likeness (QED) is 0.755. The molecule has 0 radical (unpaired) electrons. The number of carbonyl (C=O) groups excluding carboxylic acids is 1. The Morgan fingerprint density at radius 1 is 1.07 bits per heavy atom. The number of hydrogen-bond acceptors (Lipinski definition) is 5. The van der Waals surface area contributed by atoms with E-state index in [1.807, 2.05) is 10.8 Å². The Kier molecular flexibility index (Phi) is 6.20. The summed E-state index contributed by atoms with van der Waals surface area (Å²) < 4.78 is 68.3. The number of esters is 1. The van der Waals surface area contributed by atoms with Gasteiger partial charge in [-0.15, -0.1) is 0 Å². The van der Waals surface area contributed by atoms with Crippen molar-refractivity contribution >= 4 is 16.0 Å². The molecule has 0 aliphatic heterocycles. The fourth-order valence-corrected chi connectivity index (χ4v) is 2.92. The molecule has 10 heteroatoms. The predicted molar refractivity (Wildman–Crippen MR) is 87.6 cm³/mol. The minimum atomic E-state index is -4.46. The third-order valence-electron chi connectivity index (χ3n) is 3.38. The number of halogens is 3. The van der Waals surface area contributed by atoms with Crippen LogP contribution in [0.3, 0.4) is 0 Å². The summed E-state index contributed by atoms with van der Waals surface area (Å²) in [4.78, 5) is 11.5. The summed E-state index contributed by atoms with van der Waals surface area (Å²) in [5.41, 5.74) is -0.219. The zero-order chi connectivity index (χ0) is 20.1. The van der Waals surface area contributed by atoms with E-state index in [9.17, 15) is 26.4 Å². The second kappa shape index (κ2) is 8.20. The summed E-state index contributed by atoms with van der Waals surface area (Å²) in [6.07, 6.45) is -4.46. The zero-order valence-electron chi connectivity index (χ0n) is 13.7. The molecule has 0 fully saturated rings. The fraction of sp³-hybridized carbons (Fsp3) is 0.176. The molecule has 2 aromatic rings. The molecule has 142 valence electrons. The number of alkyl halides is 3. The van der Waals surface area contributed by atoms with Crippen LogP contribution >= 0.6 is 0 Å². The second-order valence-electron chi connectivity index (χ2n) is 5.32. The molecule has 2 aromatic carbocycles. The van der Waals surface area contributed by atoms with Crippen molar-refractivity contribution in [3.05, 3.63) is 65.2 Å². The molecule has 0 aromatic heterocycles. The van der Waals surface area contributed by atoms with E-state index < -0.39 is 34.3 Å². The van der Waals surface area contributed by atoms with Gasteiger partial charge in [-0.3, -0.25) is 4.79 Å². The van der Waals surface area contributed by atoms with Crippen LogP contribution in [0.2, 0.25) is 0 Å². The summed E-state index contributed by atoms with van der Waals surface area (Å²) in [5.74, 6) is -0.896. The van der Waals surface area contributed by atoms with E-state index in [0.717, 1.165) is 24.3 Å². The summed E-state index contributed by atoms with van der Waals surface area (Å²) in [6.45, 7) is -0.946. The molecule has 27 heavy (non-hydrogen) atoms. The zero-order valence-corrected chi connectivity index (χ0v) is 14.5. The first-order chi connectivity index (χ1) is 12.6. The van der Waals surface area contributed by atoms with Gasteiger partial charge in [0.05, 0.1) is 22.1 Å². The van der Waals surface area contributed by atoms with Crippen LogP contribution in [0.25, 0.3) is 0 Å². The first kappa shape index (κ1) is 20.4. The Bertz CT molecular complexity index is 948. The van der Waals surface area contributed by atoms with Gasteiger partial charge in [-0.25, -0.2) is 8.42 Å². The number of benzene rings is 2. The van der Waals surface area contributed by atoms with Crippen molar-refractivity contribution < 1.29 is 31.1 Å². The van der Waals surface area contributed by atoms with Gasteiger partial charge in [0.25, 0.3) is 0 Å². The topological polar surface area (TPSA) is 96.3 Å². The minimum Gasteiger partial charge on any atom is -0.460 e. The van der Waals surface area contributed by atoms with Gasteiger partial charge in [0.15, 0.2) is 0 Å². The van der Waals surface area contributed by atoms with Gasteiger partial charge in [-0.1, -0.05) is 12.1 Å². The predicted octanol–water partition coefficient (Wildman–Crippen LogP) is 2.60. The fourth-order valence-electron chi connectivity index (χ4n) is 1.95. The van der Waals surface area contributed by atoms with E-state index in [-0.39, 0.29) is 17.1 Å². The summed E-state index contributed by atoms with van der Waals surface area (Å²) in [6, 6.07) is 11.0. The number of rotatable bonds is 6. The van der Waals surface area contributed by atoms with Crippen LogP contribution in [-0.4, -0.2) is 20.9 Å². The van der Waals surface area contributed by atoms with Crippen molar-refractivity contribution in [2.45, 2.75) is 17.7 Å². The van der Waals surface area contributed by atoms with Crippen LogP contribution in [0.4, 0.5) is 13.2 Å². The monoisotopic (exact) mass is 398 g/mol. The van der Waals surface area contributed by atoms with Crippen molar-refractivity contribution in [1.29, 1.82) is 5.26 Å². The molecule has 0 atom stereocenters. The Balaban J connectivity index is 1.87. The highest BCUT2D eigenvalue weighted by atomic mass is 32.2. The van der Waals surface area contributed by atoms with E-state index >= 15 is 0 Å². The van der Waals surface area contributed by atoms with E-state index in [0.29, 0.717) is 5.56 Å². The molecule has 0 saturated heterocycles. The standard InChI is InChI=1S/C17H13F3N2O4S/c18-17(19,20)14-5-1-13(2-6-14)11-26-16(23)10-22-27(24,25)15-7-3-12(9-21)4-8-15/h1-8,22H,10-11H2. The Morgan fingerprint density at radius 3 is 2.19 bits per heavy atom. The summed E-state index contributed by atoms with van der Waals surface area (Å²) >= 11 is 0. The molecule has 0 aliphatic rings. The highest BCUT2D eigenvalue weighted by Crippen LogP contribution is 2.29. The average Bonchev–Trinajstić information content (AvgIpc) is 2.64. The number of ether oxygens (including phenoxy) is 1. The van der Waals surface area contributed by atoms with E-state index in [1.165, 1.54) is 24.3 Å². The van der Waals surface area contributed by atoms with Gasteiger partial charge in [0.1, 0.15) is 13.2 Å². The second-order valence-corrected chi connectivity index (χ2v) is 7.08. The lowest BCUT2D eigenvalue weighted by Crippen LogP contribution is -2.30. The molecule has 1 N–H and O–H groups in total. The molecule has 2 rings (SSSR count). The lowest BCUT2D eigenvalue weighted by molar-refractivity contribution is -0.143.